The van der Waals surface area contributed by atoms with Gasteiger partial charge in [-0.3, -0.25) is 9.69 Å². The third-order valence-electron chi connectivity index (χ3n) is 4.35. The van der Waals surface area contributed by atoms with Gasteiger partial charge in [0.05, 0.1) is 23.3 Å². The van der Waals surface area contributed by atoms with Crippen LogP contribution in [0.3, 0.4) is 0 Å². The molecule has 0 radical (unpaired) electrons. The number of amides is 1. The number of carbonyl (C=O) groups is 1. The fraction of sp³-hybridized carbons (Fsp3) is 0.273. The summed E-state index contributed by atoms with van der Waals surface area (Å²) in [6.07, 6.45) is 2.85. The van der Waals surface area contributed by atoms with E-state index in [1.807, 2.05) is 62.4 Å². The Bertz CT molecular complexity index is 944. The van der Waals surface area contributed by atoms with E-state index < -0.39 is 0 Å². The van der Waals surface area contributed by atoms with Crippen molar-refractivity contribution < 1.29 is 14.3 Å². The number of rotatable bonds is 7. The molecule has 2 aromatic rings. The lowest BCUT2D eigenvalue weighted by atomic mass is 10.1. The number of ether oxygens (including phenoxy) is 2. The van der Waals surface area contributed by atoms with Gasteiger partial charge in [0.1, 0.15) is 0 Å². The second kappa shape index (κ2) is 9.78. The molecule has 1 heterocycles. The highest BCUT2D eigenvalue weighted by atomic mass is 79.9. The highest BCUT2D eigenvalue weighted by Gasteiger charge is 2.33. The Morgan fingerprint density at radius 2 is 1.90 bits per heavy atom. The van der Waals surface area contributed by atoms with Crippen molar-refractivity contribution in [3.8, 4) is 11.5 Å². The molecule has 3 rings (SSSR count). The maximum absolute atomic E-state index is 12.9. The number of hydrogen-bond donors (Lipinski definition) is 0. The molecule has 1 fully saturated rings. The molecule has 1 saturated heterocycles. The molecule has 2 aromatic carbocycles. The minimum absolute atomic E-state index is 0.0993. The normalized spacial score (nSPS) is 16.4. The van der Waals surface area contributed by atoms with Crippen LogP contribution in [-0.4, -0.2) is 22.9 Å². The highest BCUT2D eigenvalue weighted by Crippen LogP contribution is 2.37. The summed E-state index contributed by atoms with van der Waals surface area (Å²) in [7, 11) is 0. The molecule has 29 heavy (non-hydrogen) atoms. The van der Waals surface area contributed by atoms with Gasteiger partial charge >= 0.3 is 0 Å². The monoisotopic (exact) mass is 491 g/mol. The second-order valence-corrected chi connectivity index (χ2v) is 9.06. The van der Waals surface area contributed by atoms with Crippen LogP contribution in [0.2, 0.25) is 0 Å². The molecule has 1 unspecified atom stereocenters. The first kappa shape index (κ1) is 21.9. The summed E-state index contributed by atoms with van der Waals surface area (Å²) < 4.78 is 13.2. The largest absolute Gasteiger partial charge is 0.490 e. The van der Waals surface area contributed by atoms with Gasteiger partial charge in [-0.25, -0.2) is 0 Å². The van der Waals surface area contributed by atoms with Crippen LogP contribution in [-0.2, 0) is 4.79 Å². The average molecular weight is 492 g/mol. The van der Waals surface area contributed by atoms with E-state index in [0.717, 1.165) is 22.1 Å². The zero-order chi connectivity index (χ0) is 21.0. The summed E-state index contributed by atoms with van der Waals surface area (Å²) in [5.74, 6) is 1.26. The third kappa shape index (κ3) is 5.21. The van der Waals surface area contributed by atoms with Crippen LogP contribution in [0.15, 0.2) is 51.8 Å². The van der Waals surface area contributed by atoms with Crippen molar-refractivity contribution in [2.24, 2.45) is 0 Å². The molecule has 0 N–H and O–H groups in total. The summed E-state index contributed by atoms with van der Waals surface area (Å²) in [5, 5.41) is 0. The van der Waals surface area contributed by atoms with Gasteiger partial charge in [0.2, 0.25) is 0 Å². The molecule has 1 amide bonds. The molecule has 1 aliphatic heterocycles. The summed E-state index contributed by atoms with van der Waals surface area (Å²) in [6, 6.07) is 13.2. The fourth-order valence-corrected chi connectivity index (χ4v) is 4.28. The van der Waals surface area contributed by atoms with Crippen molar-refractivity contribution in [1.29, 1.82) is 0 Å². The molecular formula is C22H22BrNO3S2. The molecule has 0 spiro atoms. The standard InChI is InChI=1S/C22H22BrNO3S2/c1-4-14(3)27-18-11-6-15(12-19(18)26-5-2)13-20-21(25)24(22(28)29-20)17-9-7-16(23)8-10-17/h6-14H,4-5H2,1-3H3. The lowest BCUT2D eigenvalue weighted by Crippen LogP contribution is -2.27. The van der Waals surface area contributed by atoms with Gasteiger partial charge in [-0.1, -0.05) is 52.9 Å². The van der Waals surface area contributed by atoms with E-state index in [9.17, 15) is 4.79 Å². The number of nitrogens with zero attached hydrogens (tertiary/aromatic N) is 1. The van der Waals surface area contributed by atoms with Crippen molar-refractivity contribution in [2.45, 2.75) is 33.3 Å². The van der Waals surface area contributed by atoms with Crippen LogP contribution >= 0.6 is 39.9 Å². The minimum atomic E-state index is -0.125. The van der Waals surface area contributed by atoms with Crippen LogP contribution in [0.4, 0.5) is 5.69 Å². The van der Waals surface area contributed by atoms with Crippen molar-refractivity contribution in [2.75, 3.05) is 11.5 Å². The maximum atomic E-state index is 12.9. The van der Waals surface area contributed by atoms with Gasteiger partial charge in [-0.15, -0.1) is 0 Å². The van der Waals surface area contributed by atoms with Gasteiger partial charge in [0.15, 0.2) is 15.8 Å². The molecule has 7 heteroatoms. The molecule has 1 atom stereocenters. The van der Waals surface area contributed by atoms with E-state index >= 15 is 0 Å². The fourth-order valence-electron chi connectivity index (χ4n) is 2.71. The zero-order valence-corrected chi connectivity index (χ0v) is 19.7. The van der Waals surface area contributed by atoms with E-state index in [-0.39, 0.29) is 12.0 Å². The molecular weight excluding hydrogens is 470 g/mol. The van der Waals surface area contributed by atoms with E-state index in [0.29, 0.717) is 27.3 Å². The van der Waals surface area contributed by atoms with Crippen LogP contribution in [0, 0.1) is 0 Å². The highest BCUT2D eigenvalue weighted by molar-refractivity contribution is 9.10. The van der Waals surface area contributed by atoms with Crippen molar-refractivity contribution in [3.63, 3.8) is 0 Å². The van der Waals surface area contributed by atoms with Gasteiger partial charge in [0.25, 0.3) is 5.91 Å². The summed E-state index contributed by atoms with van der Waals surface area (Å²) in [6.45, 7) is 6.57. The first-order valence-corrected chi connectivity index (χ1v) is 11.4. The molecule has 0 aromatic heterocycles. The van der Waals surface area contributed by atoms with Crippen molar-refractivity contribution in [3.05, 3.63) is 57.4 Å². The summed E-state index contributed by atoms with van der Waals surface area (Å²) >= 11 is 10.2. The second-order valence-electron chi connectivity index (χ2n) is 6.47. The molecule has 0 bridgehead atoms. The molecule has 0 aliphatic carbocycles. The lowest BCUT2D eigenvalue weighted by Gasteiger charge is -2.16. The van der Waals surface area contributed by atoms with Crippen molar-refractivity contribution in [1.82, 2.24) is 0 Å². The van der Waals surface area contributed by atoms with E-state index in [4.69, 9.17) is 21.7 Å². The Balaban J connectivity index is 1.87. The molecule has 1 aliphatic rings. The summed E-state index contributed by atoms with van der Waals surface area (Å²) in [4.78, 5) is 15.1. The van der Waals surface area contributed by atoms with Crippen LogP contribution < -0.4 is 14.4 Å². The van der Waals surface area contributed by atoms with Crippen LogP contribution in [0.1, 0.15) is 32.8 Å². The predicted octanol–water partition coefficient (Wildman–Crippen LogP) is 6.43. The number of anilines is 1. The molecule has 152 valence electrons. The average Bonchev–Trinajstić information content (AvgIpc) is 2.98. The number of benzene rings is 2. The van der Waals surface area contributed by atoms with E-state index in [1.165, 1.54) is 11.8 Å². The SMILES string of the molecule is CCOc1cc(C=C2SC(=S)N(c3ccc(Br)cc3)C2=O)ccc1OC(C)CC. The zero-order valence-electron chi connectivity index (χ0n) is 16.5. The molecule has 4 nitrogen and oxygen atoms in total. The topological polar surface area (TPSA) is 38.8 Å². The Morgan fingerprint density at radius 1 is 1.17 bits per heavy atom. The Labute approximate surface area is 189 Å². The minimum Gasteiger partial charge on any atom is -0.490 e. The van der Waals surface area contributed by atoms with Gasteiger partial charge < -0.3 is 9.47 Å². The number of halogens is 1. The molecule has 0 saturated carbocycles. The predicted molar refractivity (Wildman–Crippen MR) is 128 cm³/mol. The third-order valence-corrected chi connectivity index (χ3v) is 6.18. The van der Waals surface area contributed by atoms with E-state index in [1.54, 1.807) is 4.90 Å². The van der Waals surface area contributed by atoms with E-state index in [2.05, 4.69) is 22.9 Å². The number of hydrogen-bond acceptors (Lipinski definition) is 5. The summed E-state index contributed by atoms with van der Waals surface area (Å²) in [5.41, 5.74) is 1.62. The Hall–Kier alpha value is -1.83. The maximum Gasteiger partial charge on any atom is 0.270 e. The lowest BCUT2D eigenvalue weighted by molar-refractivity contribution is -0.113. The number of thiocarbonyl (C=S) groups is 1. The quantitative estimate of drug-likeness (QED) is 0.329. The smallest absolute Gasteiger partial charge is 0.270 e. The number of carbonyl (C=O) groups excluding carboxylic acids is 1. The first-order valence-electron chi connectivity index (χ1n) is 9.40. The Morgan fingerprint density at radius 3 is 2.55 bits per heavy atom. The van der Waals surface area contributed by atoms with Gasteiger partial charge in [0, 0.05) is 4.47 Å². The van der Waals surface area contributed by atoms with Gasteiger partial charge in [-0.2, -0.15) is 0 Å². The first-order chi connectivity index (χ1) is 13.9. The van der Waals surface area contributed by atoms with Crippen LogP contribution in [0.25, 0.3) is 6.08 Å². The van der Waals surface area contributed by atoms with Crippen LogP contribution in [0.5, 0.6) is 11.5 Å². The Kier molecular flexibility index (Phi) is 7.38. The number of thioether (sulfide) groups is 1. The van der Waals surface area contributed by atoms with Gasteiger partial charge in [-0.05, 0) is 68.3 Å². The van der Waals surface area contributed by atoms with Crippen molar-refractivity contribution >= 4 is 61.9 Å².